The zero-order valence-electron chi connectivity index (χ0n) is 15.2. The van der Waals surface area contributed by atoms with Crippen LogP contribution < -0.4 is 0 Å². The van der Waals surface area contributed by atoms with Crippen LogP contribution in [-0.2, 0) is 4.74 Å². The third-order valence-electron chi connectivity index (χ3n) is 5.79. The fourth-order valence-corrected chi connectivity index (χ4v) is 4.08. The number of hydrogen-bond donors (Lipinski definition) is 0. The van der Waals surface area contributed by atoms with Crippen molar-refractivity contribution in [3.05, 3.63) is 58.7 Å². The Balaban J connectivity index is 1.94. The summed E-state index contributed by atoms with van der Waals surface area (Å²) in [6.07, 6.45) is 8.44. The van der Waals surface area contributed by atoms with Crippen LogP contribution in [0.2, 0.25) is 0 Å². The Kier molecular flexibility index (Phi) is 4.51. The number of ether oxygens (including phenoxy) is 1. The lowest BCUT2D eigenvalue weighted by atomic mass is 9.67. The van der Waals surface area contributed by atoms with E-state index in [4.69, 9.17) is 4.74 Å². The highest BCUT2D eigenvalue weighted by Gasteiger charge is 2.47. The lowest BCUT2D eigenvalue weighted by Crippen LogP contribution is -2.47. The molecule has 0 amide bonds. The van der Waals surface area contributed by atoms with E-state index in [-0.39, 0.29) is 11.7 Å². The molecule has 23 heavy (non-hydrogen) atoms. The Morgan fingerprint density at radius 2 is 1.91 bits per heavy atom. The van der Waals surface area contributed by atoms with Crippen LogP contribution in [0.25, 0.3) is 0 Å². The quantitative estimate of drug-likeness (QED) is 0.608. The SMILES string of the molecule is CC(C)=CC[C@@]1(C)O[C@H](c2ccc(C)cc2)[C@H]2C[C@H]1CC=C2C. The van der Waals surface area contributed by atoms with E-state index in [9.17, 15) is 0 Å². The van der Waals surface area contributed by atoms with Gasteiger partial charge in [-0.05, 0) is 65.4 Å². The van der Waals surface area contributed by atoms with Gasteiger partial charge in [-0.25, -0.2) is 0 Å². The van der Waals surface area contributed by atoms with Crippen molar-refractivity contribution in [2.24, 2.45) is 11.8 Å². The van der Waals surface area contributed by atoms with Crippen molar-refractivity contribution in [2.75, 3.05) is 0 Å². The molecule has 1 aliphatic carbocycles. The first-order valence-electron chi connectivity index (χ1n) is 8.93. The van der Waals surface area contributed by atoms with Crippen molar-refractivity contribution < 1.29 is 4.74 Å². The largest absolute Gasteiger partial charge is 0.366 e. The second-order valence-electron chi connectivity index (χ2n) is 7.97. The van der Waals surface area contributed by atoms with E-state index in [2.05, 4.69) is 71.0 Å². The highest BCUT2D eigenvalue weighted by Crippen LogP contribution is 2.52. The second-order valence-corrected chi connectivity index (χ2v) is 7.97. The van der Waals surface area contributed by atoms with E-state index in [0.717, 1.165) is 12.8 Å². The van der Waals surface area contributed by atoms with Gasteiger partial charge in [-0.3, -0.25) is 0 Å². The third kappa shape index (κ3) is 3.30. The topological polar surface area (TPSA) is 9.23 Å². The Labute approximate surface area is 141 Å². The van der Waals surface area contributed by atoms with Gasteiger partial charge in [0, 0.05) is 5.92 Å². The van der Waals surface area contributed by atoms with Gasteiger partial charge in [0.1, 0.15) is 0 Å². The lowest BCUT2D eigenvalue weighted by Gasteiger charge is -2.51. The van der Waals surface area contributed by atoms with E-state index < -0.39 is 0 Å². The normalized spacial score (nSPS) is 33.1. The second kappa shape index (κ2) is 6.28. The average Bonchev–Trinajstić information content (AvgIpc) is 2.52. The summed E-state index contributed by atoms with van der Waals surface area (Å²) in [5.74, 6) is 1.17. The molecule has 2 bridgehead atoms. The van der Waals surface area contributed by atoms with Crippen LogP contribution in [0.5, 0.6) is 0 Å². The molecule has 4 atom stereocenters. The van der Waals surface area contributed by atoms with Crippen molar-refractivity contribution in [1.29, 1.82) is 0 Å². The highest BCUT2D eigenvalue weighted by atomic mass is 16.5. The third-order valence-corrected chi connectivity index (χ3v) is 5.79. The van der Waals surface area contributed by atoms with Crippen LogP contribution in [0.15, 0.2) is 47.6 Å². The summed E-state index contributed by atoms with van der Waals surface area (Å²) in [6, 6.07) is 8.92. The van der Waals surface area contributed by atoms with Crippen LogP contribution in [0.3, 0.4) is 0 Å². The molecule has 1 fully saturated rings. The van der Waals surface area contributed by atoms with Gasteiger partial charge in [0.25, 0.3) is 0 Å². The Hall–Kier alpha value is -1.34. The molecule has 0 N–H and O–H groups in total. The summed E-state index contributed by atoms with van der Waals surface area (Å²) in [7, 11) is 0. The minimum Gasteiger partial charge on any atom is -0.366 e. The summed E-state index contributed by atoms with van der Waals surface area (Å²) in [5.41, 5.74) is 5.48. The van der Waals surface area contributed by atoms with Crippen molar-refractivity contribution in [1.82, 2.24) is 0 Å². The van der Waals surface area contributed by atoms with Gasteiger partial charge in [-0.15, -0.1) is 0 Å². The number of hydrogen-bond acceptors (Lipinski definition) is 1. The van der Waals surface area contributed by atoms with Crippen LogP contribution in [0.1, 0.15) is 64.2 Å². The number of allylic oxidation sites excluding steroid dienone is 2. The molecular formula is C22H30O. The predicted octanol–water partition coefficient (Wildman–Crippen LogP) is 6.15. The van der Waals surface area contributed by atoms with Gasteiger partial charge in [0.2, 0.25) is 0 Å². The van der Waals surface area contributed by atoms with Gasteiger partial charge >= 0.3 is 0 Å². The highest BCUT2D eigenvalue weighted by molar-refractivity contribution is 5.28. The van der Waals surface area contributed by atoms with Gasteiger partial charge < -0.3 is 4.74 Å². The summed E-state index contributed by atoms with van der Waals surface area (Å²) in [4.78, 5) is 0. The molecule has 3 rings (SSSR count). The summed E-state index contributed by atoms with van der Waals surface area (Å²) >= 11 is 0. The fraction of sp³-hybridized carbons (Fsp3) is 0.545. The van der Waals surface area contributed by atoms with E-state index in [1.807, 2.05) is 0 Å². The maximum Gasteiger partial charge on any atom is 0.0897 e. The van der Waals surface area contributed by atoms with E-state index in [0.29, 0.717) is 11.8 Å². The molecule has 1 nitrogen and oxygen atoms in total. The molecule has 0 saturated carbocycles. The molecule has 0 aromatic heterocycles. The number of aryl methyl sites for hydroxylation is 1. The molecule has 1 aromatic carbocycles. The zero-order chi connectivity index (χ0) is 16.6. The number of benzene rings is 1. The maximum absolute atomic E-state index is 6.80. The summed E-state index contributed by atoms with van der Waals surface area (Å²) in [6.45, 7) is 11.1. The first-order valence-corrected chi connectivity index (χ1v) is 8.93. The first-order chi connectivity index (χ1) is 10.9. The molecule has 1 aliphatic heterocycles. The minimum absolute atomic E-state index is 0.0550. The molecular weight excluding hydrogens is 280 g/mol. The smallest absolute Gasteiger partial charge is 0.0897 e. The Morgan fingerprint density at radius 3 is 2.57 bits per heavy atom. The number of rotatable bonds is 3. The van der Waals surface area contributed by atoms with Crippen molar-refractivity contribution in [3.63, 3.8) is 0 Å². The van der Waals surface area contributed by atoms with E-state index in [1.165, 1.54) is 28.7 Å². The van der Waals surface area contributed by atoms with Gasteiger partial charge in [-0.2, -0.15) is 0 Å². The summed E-state index contributed by atoms with van der Waals surface area (Å²) in [5, 5.41) is 0. The molecule has 0 unspecified atom stereocenters. The number of fused-ring (bicyclic) bond motifs is 2. The molecule has 1 saturated heterocycles. The van der Waals surface area contributed by atoms with Crippen LogP contribution in [0.4, 0.5) is 0 Å². The molecule has 124 valence electrons. The van der Waals surface area contributed by atoms with Crippen molar-refractivity contribution in [2.45, 2.75) is 65.6 Å². The Bertz CT molecular complexity index is 618. The molecule has 0 radical (unpaired) electrons. The molecule has 1 aromatic rings. The molecule has 2 aliphatic rings. The zero-order valence-corrected chi connectivity index (χ0v) is 15.2. The van der Waals surface area contributed by atoms with Gasteiger partial charge in [0.15, 0.2) is 0 Å². The van der Waals surface area contributed by atoms with Crippen molar-refractivity contribution in [3.8, 4) is 0 Å². The van der Waals surface area contributed by atoms with Crippen LogP contribution in [-0.4, -0.2) is 5.60 Å². The average molecular weight is 310 g/mol. The minimum atomic E-state index is -0.0550. The van der Waals surface area contributed by atoms with Gasteiger partial charge in [0.05, 0.1) is 11.7 Å². The van der Waals surface area contributed by atoms with Gasteiger partial charge in [-0.1, -0.05) is 53.1 Å². The van der Waals surface area contributed by atoms with E-state index >= 15 is 0 Å². The van der Waals surface area contributed by atoms with Crippen LogP contribution >= 0.6 is 0 Å². The molecule has 1 heterocycles. The molecule has 0 spiro atoms. The monoisotopic (exact) mass is 310 g/mol. The lowest BCUT2D eigenvalue weighted by molar-refractivity contribution is -0.175. The standard InChI is InChI=1S/C22H30O/c1-15(2)12-13-22(5)19-11-8-17(4)20(14-19)21(23-22)18-9-6-16(3)7-10-18/h6-10,12,19-21H,11,13-14H2,1-5H3/t19-,20+,21-,22-/m1/s1. The predicted molar refractivity (Wildman–Crippen MR) is 97.4 cm³/mol. The van der Waals surface area contributed by atoms with E-state index in [1.54, 1.807) is 0 Å². The summed E-state index contributed by atoms with van der Waals surface area (Å²) < 4.78 is 6.80. The van der Waals surface area contributed by atoms with Crippen LogP contribution in [0, 0.1) is 18.8 Å². The first kappa shape index (κ1) is 16.5. The fourth-order valence-electron chi connectivity index (χ4n) is 4.08. The Morgan fingerprint density at radius 1 is 1.22 bits per heavy atom. The van der Waals surface area contributed by atoms with Crippen molar-refractivity contribution >= 4 is 0 Å². The molecule has 1 heteroatoms. The maximum atomic E-state index is 6.80.